The van der Waals surface area contributed by atoms with Crippen molar-refractivity contribution >= 4 is 82.4 Å². The highest BCUT2D eigenvalue weighted by atomic mass is 16.3. The summed E-state index contributed by atoms with van der Waals surface area (Å²) in [5.41, 5.74) is -15.5. The first-order chi connectivity index (χ1) is 48.9. The Morgan fingerprint density at radius 1 is 0.369 bits per heavy atom. The molecule has 0 aliphatic rings. The molecule has 0 fully saturated rings. The van der Waals surface area contributed by atoms with Gasteiger partial charge in [0.15, 0.2) is 0 Å². The number of anilines is 3. The lowest BCUT2D eigenvalue weighted by Crippen LogP contribution is -2.11. The summed E-state index contributed by atoms with van der Waals surface area (Å²) in [7, 11) is 0. The lowest BCUT2D eigenvalue weighted by molar-refractivity contribution is 0.670. The van der Waals surface area contributed by atoms with Gasteiger partial charge in [-0.05, 0) is 122 Å². The van der Waals surface area contributed by atoms with Crippen molar-refractivity contribution in [2.24, 2.45) is 0 Å². The van der Waals surface area contributed by atoms with Crippen molar-refractivity contribution in [3.8, 4) is 39.1 Å². The molecule has 0 aliphatic carbocycles. The van der Waals surface area contributed by atoms with E-state index in [0.717, 1.165) is 0 Å². The fourth-order valence-corrected chi connectivity index (χ4v) is 7.47. The number of benzene rings is 11. The zero-order chi connectivity index (χ0) is 77.7. The molecule has 0 N–H and O–H groups in total. The third-order valence-corrected chi connectivity index (χ3v) is 10.2. The van der Waals surface area contributed by atoms with E-state index < -0.39 is 363 Å². The average Bonchev–Trinajstić information content (AvgIpc) is 1.67. The van der Waals surface area contributed by atoms with E-state index in [9.17, 15) is 26.0 Å². The molecule has 3 nitrogen and oxygen atoms in total. The maximum atomic E-state index is 10.5. The number of para-hydroxylation sites is 3. The van der Waals surface area contributed by atoms with Crippen LogP contribution >= 0.6 is 0 Å². The van der Waals surface area contributed by atoms with Gasteiger partial charge >= 0.3 is 0 Å². The maximum absolute atomic E-state index is 10.5. The van der Waals surface area contributed by atoms with Crippen LogP contribution in [0.1, 0.15) is 54.8 Å². The van der Waals surface area contributed by atoms with Gasteiger partial charge in [0.1, 0.15) is 11.2 Å². The van der Waals surface area contributed by atoms with Gasteiger partial charge in [-0.15, -0.1) is 0 Å². The van der Waals surface area contributed by atoms with Crippen LogP contribution in [0, 0.1) is 0 Å². The molecule has 0 amide bonds. The molecule has 0 saturated heterocycles. The van der Waals surface area contributed by atoms with E-state index in [-0.39, 0.29) is 4.90 Å². The molecule has 2 heterocycles. The Balaban J connectivity index is 1.31. The fourth-order valence-electron chi connectivity index (χ4n) is 7.47. The highest BCUT2D eigenvalue weighted by molar-refractivity contribution is 6.15. The third kappa shape index (κ3) is 6.05. The zero-order valence-corrected chi connectivity index (χ0v) is 32.3. The molecule has 13 rings (SSSR count). The second-order valence-electron chi connectivity index (χ2n) is 13.8. The summed E-state index contributed by atoms with van der Waals surface area (Å²) < 4.78 is 378. The van der Waals surface area contributed by atoms with Crippen molar-refractivity contribution in [1.82, 2.24) is 4.57 Å². The molecule has 0 aliphatic heterocycles. The van der Waals surface area contributed by atoms with Crippen LogP contribution in [-0.4, -0.2) is 4.57 Å². The van der Waals surface area contributed by atoms with Crippen LogP contribution in [0.3, 0.4) is 0 Å². The SMILES string of the molecule is [2H]c1c([2H])c([2H])c(-c2c([2H])c([2H])c(N(c3c([2H])c([2H])c(-c4c([2H])c5c([2H])c([2H])c([2H])c([2H])c5c5c([2H])c([2H])c([2H])c([2H])c45)c([2H])c3[2H])c3c([2H])c([2H])c4c(oc5c([2H])c([2H])c([2H])c([2H])c54)c3-c3c([2H])c([2H])c([2H])c(-n4c5c([2H])c([2H])c([2H])c([2H])c5c5c([2H])c([2H])c([2H])c([2H])c54)c3[2H])c([2H])c2[2H])c([2H])c1[2H]. The van der Waals surface area contributed by atoms with Crippen molar-refractivity contribution in [3.05, 3.63) is 242 Å². The van der Waals surface area contributed by atoms with Crippen molar-refractivity contribution in [3.63, 3.8) is 0 Å². The Morgan fingerprint density at radius 3 is 1.65 bits per heavy atom. The second kappa shape index (κ2) is 15.0. The van der Waals surface area contributed by atoms with Gasteiger partial charge in [-0.3, -0.25) is 0 Å². The first-order valence-corrected chi connectivity index (χ1v) is 19.0. The Kier molecular flexibility index (Phi) is 3.39. The van der Waals surface area contributed by atoms with Gasteiger partial charge in [0, 0.05) is 44.2 Å². The number of fused-ring (bicyclic) bond motifs is 9. The van der Waals surface area contributed by atoms with Gasteiger partial charge in [0.05, 0.1) is 71.6 Å². The molecule has 0 spiro atoms. The number of hydrogen-bond acceptors (Lipinski definition) is 2. The Morgan fingerprint density at radius 2 is 0.923 bits per heavy atom. The second-order valence-corrected chi connectivity index (χ2v) is 13.8. The zero-order valence-electron chi connectivity index (χ0n) is 72.3. The molecule has 0 saturated carbocycles. The van der Waals surface area contributed by atoms with E-state index in [1.54, 1.807) is 0 Å². The summed E-state index contributed by atoms with van der Waals surface area (Å²) in [6.07, 6.45) is 0. The molecule has 2 aromatic heterocycles. The molecule has 11 aromatic carbocycles. The smallest absolute Gasteiger partial charge is 0.145 e. The van der Waals surface area contributed by atoms with Crippen molar-refractivity contribution in [2.45, 2.75) is 0 Å². The minimum atomic E-state index is -1.52. The minimum Gasteiger partial charge on any atom is -0.455 e. The summed E-state index contributed by atoms with van der Waals surface area (Å²) in [6, 6.07) is -46.0. The molecule has 13 aromatic rings. The Bertz CT molecular complexity index is 6190. The van der Waals surface area contributed by atoms with Gasteiger partial charge in [-0.1, -0.05) is 169 Å². The summed E-state index contributed by atoms with van der Waals surface area (Å²) >= 11 is 0. The van der Waals surface area contributed by atoms with E-state index in [2.05, 4.69) is 0 Å². The van der Waals surface area contributed by atoms with Gasteiger partial charge in [0.2, 0.25) is 0 Å². The van der Waals surface area contributed by atoms with Gasteiger partial charge < -0.3 is 13.9 Å². The summed E-state index contributed by atoms with van der Waals surface area (Å²) in [4.78, 5) is 0.196. The average molecular weight is 869 g/mol. The number of nitrogens with zero attached hydrogens (tertiary/aromatic N) is 2. The first kappa shape index (κ1) is 14.7. The predicted octanol–water partition coefficient (Wildman–Crippen LogP) is 17.5. The van der Waals surface area contributed by atoms with E-state index in [0.29, 0.717) is 4.57 Å². The van der Waals surface area contributed by atoms with Gasteiger partial charge in [-0.2, -0.15) is 0 Å². The quantitative estimate of drug-likeness (QED) is 0.149. The molecule has 304 valence electrons. The highest BCUT2D eigenvalue weighted by Crippen LogP contribution is 2.48. The van der Waals surface area contributed by atoms with Crippen molar-refractivity contribution < 1.29 is 59.2 Å². The van der Waals surface area contributed by atoms with Crippen LogP contribution in [0.25, 0.3) is 104 Å². The number of furan rings is 1. The Hall–Kier alpha value is -8.66. The molecular weight excluding hydrogens is 789 g/mol. The fraction of sp³-hybridized carbons (Fsp3) is 0. The number of aromatic nitrogens is 1. The summed E-state index contributed by atoms with van der Waals surface area (Å²) in [5, 5.41) is -5.91. The van der Waals surface area contributed by atoms with Crippen LogP contribution in [0.4, 0.5) is 17.1 Å². The van der Waals surface area contributed by atoms with Crippen LogP contribution in [0.5, 0.6) is 0 Å². The molecule has 65 heavy (non-hydrogen) atoms. The van der Waals surface area contributed by atoms with Crippen molar-refractivity contribution in [1.29, 1.82) is 0 Å². The molecule has 0 atom stereocenters. The first-order valence-electron chi connectivity index (χ1n) is 39.0. The highest BCUT2D eigenvalue weighted by Gasteiger charge is 2.24. The maximum Gasteiger partial charge on any atom is 0.145 e. The van der Waals surface area contributed by atoms with E-state index in [4.69, 9.17) is 33.2 Å². The van der Waals surface area contributed by atoms with E-state index in [1.165, 1.54) is 0 Å². The molecule has 3 heteroatoms. The van der Waals surface area contributed by atoms with Crippen LogP contribution < -0.4 is 4.90 Å². The standard InChI is InChI=1S/C62H40N2O/c1-2-15-41(16-3-1)42-29-33-46(34-30-42)63(47-35-31-43(32-36-47)56-40-44-17-4-5-20-49(44)50-21-6-7-22-51(50)56)59-38-37-55-54-25-10-13-28-60(54)65-62(55)61(59)45-18-14-19-48(39-45)64-57-26-11-8-23-52(57)53-24-9-12-27-58(53)64/h1-40H/i1D,2D,3D,4D,5D,6D,7D,8D,9D,10D,11D,12D,13D,14D,15D,16D,17D,18D,19D,20D,21D,22D,23D,24D,25D,26D,27D,28D,29D,30D,31D,32D,33D,34D,35D,36D,37D,38D,39D,40D. The molecule has 0 radical (unpaired) electrons. The summed E-state index contributed by atoms with van der Waals surface area (Å²) in [5.74, 6) is 0. The Labute approximate surface area is 432 Å². The van der Waals surface area contributed by atoms with Crippen LogP contribution in [-0.2, 0) is 0 Å². The lowest BCUT2D eigenvalue weighted by atomic mass is 9.93. The summed E-state index contributed by atoms with van der Waals surface area (Å²) in [6.45, 7) is 0. The predicted molar refractivity (Wildman–Crippen MR) is 274 cm³/mol. The molecule has 0 bridgehead atoms. The number of rotatable bonds is 7. The molecule has 0 unspecified atom stereocenters. The van der Waals surface area contributed by atoms with Crippen LogP contribution in [0.15, 0.2) is 246 Å². The monoisotopic (exact) mass is 869 g/mol. The van der Waals surface area contributed by atoms with Crippen LogP contribution in [0.2, 0.25) is 0 Å². The normalized spacial score (nSPS) is 20.3. The topological polar surface area (TPSA) is 21.3 Å². The van der Waals surface area contributed by atoms with Gasteiger partial charge in [-0.25, -0.2) is 0 Å². The van der Waals surface area contributed by atoms with E-state index in [1.807, 2.05) is 0 Å². The van der Waals surface area contributed by atoms with E-state index >= 15 is 0 Å². The molecular formula is C62H40N2O. The number of hydrogen-bond donors (Lipinski definition) is 0. The lowest BCUT2D eigenvalue weighted by Gasteiger charge is -2.28. The minimum absolute atomic E-state index is 0.196. The third-order valence-electron chi connectivity index (χ3n) is 10.2. The largest absolute Gasteiger partial charge is 0.455 e. The van der Waals surface area contributed by atoms with Crippen molar-refractivity contribution in [2.75, 3.05) is 4.90 Å². The van der Waals surface area contributed by atoms with Gasteiger partial charge in [0.25, 0.3) is 0 Å².